The van der Waals surface area contributed by atoms with Crippen LogP contribution in [0, 0.1) is 10.1 Å². The molecule has 0 heterocycles. The van der Waals surface area contributed by atoms with Crippen LogP contribution in [0.4, 0.5) is 0 Å². The van der Waals surface area contributed by atoms with Gasteiger partial charge in [-0.2, -0.15) is 0 Å². The number of hydrogen-bond acceptors (Lipinski definition) is 5. The van der Waals surface area contributed by atoms with Crippen molar-refractivity contribution in [3.63, 3.8) is 0 Å². The third kappa shape index (κ3) is 2.61. The Morgan fingerprint density at radius 3 is 2.67 bits per heavy atom. The summed E-state index contributed by atoms with van der Waals surface area (Å²) in [4.78, 5) is 32.0. The Balaban J connectivity index is 3.52. The lowest BCUT2D eigenvalue weighted by Gasteiger charge is -2.17. The van der Waals surface area contributed by atoms with Crippen LogP contribution in [-0.2, 0) is 14.3 Å². The van der Waals surface area contributed by atoms with E-state index in [1.807, 2.05) is 0 Å². The molecule has 0 bridgehead atoms. The topological polar surface area (TPSA) is 86.5 Å². The monoisotopic (exact) mass is 291 g/mol. The molecule has 1 atom stereocenters. The van der Waals surface area contributed by atoms with Gasteiger partial charge < -0.3 is 4.74 Å². The van der Waals surface area contributed by atoms with Crippen LogP contribution in [0.15, 0.2) is 28.7 Å². The third-order valence-electron chi connectivity index (χ3n) is 2.11. The van der Waals surface area contributed by atoms with E-state index < -0.39 is 21.2 Å². The fourth-order valence-corrected chi connectivity index (χ4v) is 1.82. The molecule has 1 aliphatic rings. The van der Waals surface area contributed by atoms with Crippen LogP contribution in [0.3, 0.4) is 0 Å². The number of hydrogen-bond donors (Lipinski definition) is 0. The average Bonchev–Trinajstić information content (AvgIpc) is 2.28. The van der Waals surface area contributed by atoms with Crippen molar-refractivity contribution in [3.05, 3.63) is 38.8 Å². The number of nitro groups is 1. The molecule has 18 heavy (non-hydrogen) atoms. The lowest BCUT2D eigenvalue weighted by Crippen LogP contribution is -2.24. The molecule has 0 N–H and O–H groups in total. The molecule has 0 aromatic heterocycles. The summed E-state index contributed by atoms with van der Waals surface area (Å²) in [5.41, 5.74) is -1.11. The van der Waals surface area contributed by atoms with Gasteiger partial charge in [0, 0.05) is 0 Å². The summed E-state index contributed by atoms with van der Waals surface area (Å²) in [6, 6.07) is 0. The van der Waals surface area contributed by atoms with Crippen LogP contribution in [-0.4, -0.2) is 28.1 Å². The van der Waals surface area contributed by atoms with Crippen LogP contribution in [0.5, 0.6) is 0 Å². The van der Waals surface area contributed by atoms with Gasteiger partial charge in [0.15, 0.2) is 5.38 Å². The fourth-order valence-electron chi connectivity index (χ4n) is 1.39. The fraction of sp³-hybridized carbons (Fsp3) is 0.300. The first-order valence-electron chi connectivity index (χ1n) is 4.76. The second kappa shape index (κ2) is 5.82. The van der Waals surface area contributed by atoms with Gasteiger partial charge in [0.2, 0.25) is 5.76 Å². The van der Waals surface area contributed by atoms with Crippen molar-refractivity contribution in [2.24, 2.45) is 0 Å². The summed E-state index contributed by atoms with van der Waals surface area (Å²) >= 11 is 11.1. The number of ether oxygens (including phenoxy) is 1. The van der Waals surface area contributed by atoms with Gasteiger partial charge in [0.25, 0.3) is 5.24 Å². The zero-order valence-electron chi connectivity index (χ0n) is 9.11. The number of carbonyl (C=O) groups excluding carboxylic acids is 2. The first-order chi connectivity index (χ1) is 8.43. The summed E-state index contributed by atoms with van der Waals surface area (Å²) in [6.07, 6.45) is 1.04. The molecule has 8 heteroatoms. The molecule has 0 aliphatic heterocycles. The summed E-state index contributed by atoms with van der Waals surface area (Å²) in [5, 5.41) is 8.63. The highest BCUT2D eigenvalue weighted by Crippen LogP contribution is 2.33. The molecule has 0 aromatic carbocycles. The Kier molecular flexibility index (Phi) is 4.67. The smallest absolute Gasteiger partial charge is 0.311 e. The van der Waals surface area contributed by atoms with E-state index in [-0.39, 0.29) is 23.5 Å². The van der Waals surface area contributed by atoms with Gasteiger partial charge in [0.05, 0.1) is 22.7 Å². The van der Waals surface area contributed by atoms with Crippen LogP contribution < -0.4 is 0 Å². The number of rotatable bonds is 4. The molecular weight excluding hydrogens is 285 g/mol. The number of nitrogens with zero attached hydrogens (tertiary/aromatic N) is 1. The van der Waals surface area contributed by atoms with Gasteiger partial charge in [-0.05, 0) is 24.6 Å². The molecule has 6 nitrogen and oxygen atoms in total. The first kappa shape index (κ1) is 14.4. The van der Waals surface area contributed by atoms with E-state index in [1.165, 1.54) is 5.94 Å². The van der Waals surface area contributed by atoms with Crippen molar-refractivity contribution in [1.29, 1.82) is 0 Å². The molecule has 0 fully saturated rings. The molecule has 1 rings (SSSR count). The highest BCUT2D eigenvalue weighted by Gasteiger charge is 2.39. The average molecular weight is 292 g/mol. The SMILES string of the molecule is CCOC1=C([N+](=O)[O-])C(Cl)C(=C=O)C=C1C(=O)Cl. The predicted molar refractivity (Wildman–Crippen MR) is 63.4 cm³/mol. The van der Waals surface area contributed by atoms with Crippen molar-refractivity contribution in [3.8, 4) is 0 Å². The Bertz CT molecular complexity index is 516. The van der Waals surface area contributed by atoms with Crippen LogP contribution >= 0.6 is 23.2 Å². The van der Waals surface area contributed by atoms with Crippen molar-refractivity contribution in [2.75, 3.05) is 6.61 Å². The lowest BCUT2D eigenvalue weighted by atomic mass is 9.98. The molecule has 0 saturated heterocycles. The highest BCUT2D eigenvalue weighted by molar-refractivity contribution is 6.68. The number of carbonyl (C=O) groups is 1. The summed E-state index contributed by atoms with van der Waals surface area (Å²) in [7, 11) is 0. The quantitative estimate of drug-likeness (QED) is 0.258. The predicted octanol–water partition coefficient (Wildman–Crippen LogP) is 1.58. The van der Waals surface area contributed by atoms with Gasteiger partial charge in [-0.3, -0.25) is 14.9 Å². The zero-order valence-corrected chi connectivity index (χ0v) is 10.6. The molecule has 0 spiro atoms. The van der Waals surface area contributed by atoms with E-state index in [4.69, 9.17) is 27.9 Å². The van der Waals surface area contributed by atoms with Gasteiger partial charge >= 0.3 is 5.70 Å². The van der Waals surface area contributed by atoms with Crippen molar-refractivity contribution in [1.82, 2.24) is 0 Å². The maximum absolute atomic E-state index is 11.2. The Morgan fingerprint density at radius 2 is 2.28 bits per heavy atom. The van der Waals surface area contributed by atoms with E-state index >= 15 is 0 Å². The summed E-state index contributed by atoms with van der Waals surface area (Å²) in [5.74, 6) is 1.12. The molecule has 96 valence electrons. The minimum Gasteiger partial charge on any atom is -0.487 e. The van der Waals surface area contributed by atoms with E-state index in [0.717, 1.165) is 6.08 Å². The maximum atomic E-state index is 11.2. The second-order valence-corrected chi connectivity index (χ2v) is 3.94. The lowest BCUT2D eigenvalue weighted by molar-refractivity contribution is -0.429. The van der Waals surface area contributed by atoms with Crippen LogP contribution in [0.1, 0.15) is 6.92 Å². The van der Waals surface area contributed by atoms with E-state index in [2.05, 4.69) is 0 Å². The number of allylic oxidation sites excluding steroid dienone is 3. The van der Waals surface area contributed by atoms with Crippen molar-refractivity contribution in [2.45, 2.75) is 12.3 Å². The number of halogens is 2. The Morgan fingerprint density at radius 1 is 1.67 bits per heavy atom. The molecule has 0 radical (unpaired) electrons. The maximum Gasteiger partial charge on any atom is 0.311 e. The Labute approximate surface area is 112 Å². The molecular formula is C10H7Cl2NO5. The van der Waals surface area contributed by atoms with E-state index in [0.29, 0.717) is 0 Å². The van der Waals surface area contributed by atoms with Crippen molar-refractivity contribution < 1.29 is 19.2 Å². The van der Waals surface area contributed by atoms with Crippen LogP contribution in [0.2, 0.25) is 0 Å². The van der Waals surface area contributed by atoms with E-state index in [9.17, 15) is 19.7 Å². The van der Waals surface area contributed by atoms with Crippen molar-refractivity contribution >= 4 is 34.4 Å². The molecule has 0 aromatic rings. The molecule has 0 amide bonds. The van der Waals surface area contributed by atoms with Gasteiger partial charge in [0.1, 0.15) is 5.94 Å². The standard InChI is InChI=1S/C10H7Cl2NO5/c1-2-18-9-6(10(12)15)3-5(4-14)7(11)8(9)13(16)17/h3,7H,2H2,1H3. The minimum atomic E-state index is -1.33. The molecule has 1 unspecified atom stereocenters. The van der Waals surface area contributed by atoms with Gasteiger partial charge in [-0.15, -0.1) is 11.6 Å². The largest absolute Gasteiger partial charge is 0.487 e. The van der Waals surface area contributed by atoms with Crippen LogP contribution in [0.25, 0.3) is 0 Å². The third-order valence-corrected chi connectivity index (χ3v) is 2.75. The molecule has 0 saturated carbocycles. The highest BCUT2D eigenvalue weighted by atomic mass is 35.5. The summed E-state index contributed by atoms with van der Waals surface area (Å²) < 4.78 is 5.03. The summed E-state index contributed by atoms with van der Waals surface area (Å²) in [6.45, 7) is 1.66. The minimum absolute atomic E-state index is 0.0813. The first-order valence-corrected chi connectivity index (χ1v) is 5.57. The second-order valence-electron chi connectivity index (χ2n) is 3.16. The van der Waals surface area contributed by atoms with Gasteiger partial charge in [-0.25, -0.2) is 4.79 Å². The van der Waals surface area contributed by atoms with Gasteiger partial charge in [-0.1, -0.05) is 0 Å². The Hall–Kier alpha value is -1.62. The number of alkyl halides is 1. The molecule has 1 aliphatic carbocycles. The zero-order chi connectivity index (χ0) is 13.9. The normalized spacial score (nSPS) is 19.2. The van der Waals surface area contributed by atoms with E-state index in [1.54, 1.807) is 6.92 Å².